The number of hydrogen-bond donors (Lipinski definition) is 2. The smallest absolute Gasteiger partial charge is 0.191 e. The van der Waals surface area contributed by atoms with Crippen molar-refractivity contribution in [1.82, 2.24) is 10.6 Å². The summed E-state index contributed by atoms with van der Waals surface area (Å²) in [5.74, 6) is 1.34. The highest BCUT2D eigenvalue weighted by molar-refractivity contribution is 5.79. The summed E-state index contributed by atoms with van der Waals surface area (Å²) in [7, 11) is 3.39. The Morgan fingerprint density at radius 2 is 1.85 bits per heavy atom. The van der Waals surface area contributed by atoms with Gasteiger partial charge in [-0.05, 0) is 42.7 Å². The molecule has 0 saturated carbocycles. The number of aliphatic imine (C=N–C) groups is 1. The Morgan fingerprint density at radius 3 is 2.56 bits per heavy atom. The van der Waals surface area contributed by atoms with Crippen LogP contribution in [0.15, 0.2) is 47.5 Å². The van der Waals surface area contributed by atoms with Crippen molar-refractivity contribution in [1.29, 1.82) is 0 Å². The van der Waals surface area contributed by atoms with Gasteiger partial charge in [-0.3, -0.25) is 4.99 Å². The number of nitrogens with zero attached hydrogens (tertiary/aromatic N) is 1. The minimum atomic E-state index is -0.217. The number of aryl methyl sites for hydroxylation is 1. The normalized spacial score (nSPS) is 11.3. The van der Waals surface area contributed by atoms with E-state index in [2.05, 4.69) is 27.8 Å². The first-order chi connectivity index (χ1) is 13.1. The summed E-state index contributed by atoms with van der Waals surface area (Å²) in [6, 6.07) is 12.7. The summed E-state index contributed by atoms with van der Waals surface area (Å²) >= 11 is 0. The molecule has 0 fully saturated rings. The second-order valence-electron chi connectivity index (χ2n) is 6.18. The van der Waals surface area contributed by atoms with E-state index in [0.29, 0.717) is 32.3 Å². The highest BCUT2D eigenvalue weighted by Gasteiger charge is 2.06. The molecular formula is C21H28FN3O2. The van der Waals surface area contributed by atoms with E-state index >= 15 is 0 Å². The van der Waals surface area contributed by atoms with Crippen LogP contribution in [0.1, 0.15) is 16.7 Å². The summed E-state index contributed by atoms with van der Waals surface area (Å²) in [6.45, 7) is 4.40. The summed E-state index contributed by atoms with van der Waals surface area (Å²) < 4.78 is 23.8. The van der Waals surface area contributed by atoms with Crippen molar-refractivity contribution in [2.24, 2.45) is 4.99 Å². The lowest BCUT2D eigenvalue weighted by Gasteiger charge is -2.15. The third kappa shape index (κ3) is 7.27. The maximum Gasteiger partial charge on any atom is 0.191 e. The highest BCUT2D eigenvalue weighted by Crippen LogP contribution is 2.20. The Labute approximate surface area is 160 Å². The third-order valence-electron chi connectivity index (χ3n) is 4.06. The fourth-order valence-corrected chi connectivity index (χ4v) is 2.55. The molecule has 0 heterocycles. The van der Waals surface area contributed by atoms with Gasteiger partial charge in [-0.1, -0.05) is 24.3 Å². The third-order valence-corrected chi connectivity index (χ3v) is 4.06. The molecule has 0 unspecified atom stereocenters. The summed E-state index contributed by atoms with van der Waals surface area (Å²) in [6.07, 6.45) is 0.789. The first-order valence-electron chi connectivity index (χ1n) is 9.02. The van der Waals surface area contributed by atoms with Crippen LogP contribution in [-0.4, -0.2) is 39.9 Å². The molecule has 27 heavy (non-hydrogen) atoms. The summed E-state index contributed by atoms with van der Waals surface area (Å²) in [5.41, 5.74) is 3.28. The van der Waals surface area contributed by atoms with Crippen LogP contribution in [0.5, 0.6) is 5.75 Å². The van der Waals surface area contributed by atoms with Gasteiger partial charge in [0.05, 0.1) is 6.61 Å². The molecule has 0 saturated heterocycles. The maximum atomic E-state index is 12.9. The highest BCUT2D eigenvalue weighted by atomic mass is 19.1. The number of methoxy groups -OCH3 is 1. The van der Waals surface area contributed by atoms with Crippen LogP contribution in [0.2, 0.25) is 0 Å². The molecule has 2 aromatic rings. The molecule has 0 atom stereocenters. The number of benzene rings is 2. The Balaban J connectivity index is 1.85. The van der Waals surface area contributed by atoms with E-state index < -0.39 is 0 Å². The second-order valence-corrected chi connectivity index (χ2v) is 6.18. The van der Waals surface area contributed by atoms with Gasteiger partial charge in [-0.2, -0.15) is 0 Å². The fourth-order valence-electron chi connectivity index (χ4n) is 2.55. The van der Waals surface area contributed by atoms with Crippen LogP contribution in [0.3, 0.4) is 0 Å². The van der Waals surface area contributed by atoms with Gasteiger partial charge in [0.15, 0.2) is 5.96 Å². The Bertz CT molecular complexity index is 733. The molecular weight excluding hydrogens is 345 g/mol. The molecule has 0 aromatic heterocycles. The van der Waals surface area contributed by atoms with Gasteiger partial charge >= 0.3 is 0 Å². The van der Waals surface area contributed by atoms with Crippen molar-refractivity contribution in [3.63, 3.8) is 0 Å². The van der Waals surface area contributed by atoms with Crippen molar-refractivity contribution in [2.75, 3.05) is 33.9 Å². The zero-order chi connectivity index (χ0) is 19.5. The molecule has 6 heteroatoms. The Kier molecular flexibility index (Phi) is 8.58. The first kappa shape index (κ1) is 20.7. The van der Waals surface area contributed by atoms with Crippen LogP contribution in [0, 0.1) is 12.7 Å². The van der Waals surface area contributed by atoms with Crippen molar-refractivity contribution < 1.29 is 13.9 Å². The van der Waals surface area contributed by atoms with E-state index in [-0.39, 0.29) is 5.82 Å². The lowest BCUT2D eigenvalue weighted by atomic mass is 10.1. The topological polar surface area (TPSA) is 54.9 Å². The monoisotopic (exact) mass is 373 g/mol. The molecule has 0 aliphatic rings. The molecule has 0 radical (unpaired) electrons. The van der Waals surface area contributed by atoms with E-state index in [0.717, 1.165) is 28.9 Å². The Morgan fingerprint density at radius 1 is 1.07 bits per heavy atom. The van der Waals surface area contributed by atoms with Gasteiger partial charge < -0.3 is 20.1 Å². The Hall–Kier alpha value is -2.60. The summed E-state index contributed by atoms with van der Waals surface area (Å²) in [4.78, 5) is 4.24. The van der Waals surface area contributed by atoms with Crippen LogP contribution < -0.4 is 15.4 Å². The van der Waals surface area contributed by atoms with Gasteiger partial charge in [0.2, 0.25) is 0 Å². The zero-order valence-electron chi connectivity index (χ0n) is 16.2. The van der Waals surface area contributed by atoms with Crippen molar-refractivity contribution in [2.45, 2.75) is 19.9 Å². The predicted octanol–water partition coefficient (Wildman–Crippen LogP) is 3.07. The lowest BCUT2D eigenvalue weighted by Crippen LogP contribution is -2.37. The molecule has 2 N–H and O–H groups in total. The van der Waals surface area contributed by atoms with Crippen LogP contribution in [0.4, 0.5) is 4.39 Å². The number of halogens is 1. The van der Waals surface area contributed by atoms with Crippen LogP contribution in [-0.2, 0) is 17.7 Å². The maximum absolute atomic E-state index is 12.9. The minimum Gasteiger partial charge on any atom is -0.491 e. The summed E-state index contributed by atoms with van der Waals surface area (Å²) in [5, 5.41) is 6.57. The predicted molar refractivity (Wildman–Crippen MR) is 107 cm³/mol. The quantitative estimate of drug-likeness (QED) is 0.403. The van der Waals surface area contributed by atoms with Gasteiger partial charge in [-0.25, -0.2) is 4.39 Å². The van der Waals surface area contributed by atoms with E-state index in [1.807, 2.05) is 13.0 Å². The molecule has 0 amide bonds. The fraction of sp³-hybridized carbons (Fsp3) is 0.381. The van der Waals surface area contributed by atoms with Crippen molar-refractivity contribution in [3.8, 4) is 5.75 Å². The lowest BCUT2D eigenvalue weighted by molar-refractivity contribution is 0.145. The molecule has 2 aromatic carbocycles. The van der Waals surface area contributed by atoms with Crippen molar-refractivity contribution >= 4 is 5.96 Å². The molecule has 5 nitrogen and oxygen atoms in total. The molecule has 0 bridgehead atoms. The number of rotatable bonds is 9. The largest absolute Gasteiger partial charge is 0.491 e. The zero-order valence-corrected chi connectivity index (χ0v) is 16.2. The van der Waals surface area contributed by atoms with E-state index in [1.54, 1.807) is 26.3 Å². The molecule has 2 rings (SSSR count). The van der Waals surface area contributed by atoms with Gasteiger partial charge in [0, 0.05) is 32.8 Å². The van der Waals surface area contributed by atoms with Crippen LogP contribution >= 0.6 is 0 Å². The first-order valence-corrected chi connectivity index (χ1v) is 9.02. The SMILES string of the molecule is CN=C(NCCc1ccc(F)cc1)NCc1ccc(C)cc1OCCOC. The standard InChI is InChI=1S/C21H28FN3O2/c1-16-4-7-18(20(14-16)27-13-12-26-3)15-25-21(23-2)24-11-10-17-5-8-19(22)9-6-17/h4-9,14H,10-13,15H2,1-3H3,(H2,23,24,25). The molecule has 0 aliphatic carbocycles. The molecule has 0 aliphatic heterocycles. The van der Waals surface area contributed by atoms with Gasteiger partial charge in [0.25, 0.3) is 0 Å². The second kappa shape index (κ2) is 11.2. The number of nitrogens with one attached hydrogen (secondary N) is 2. The minimum absolute atomic E-state index is 0.217. The average Bonchev–Trinajstić information content (AvgIpc) is 2.67. The molecule has 0 spiro atoms. The van der Waals surface area contributed by atoms with E-state index in [1.165, 1.54) is 12.1 Å². The van der Waals surface area contributed by atoms with Gasteiger partial charge in [0.1, 0.15) is 18.2 Å². The molecule has 146 valence electrons. The number of guanidine groups is 1. The van der Waals surface area contributed by atoms with Gasteiger partial charge in [-0.15, -0.1) is 0 Å². The number of ether oxygens (including phenoxy) is 2. The van der Waals surface area contributed by atoms with E-state index in [4.69, 9.17) is 9.47 Å². The number of hydrogen-bond acceptors (Lipinski definition) is 3. The van der Waals surface area contributed by atoms with E-state index in [9.17, 15) is 4.39 Å². The average molecular weight is 373 g/mol. The van der Waals surface area contributed by atoms with Crippen LogP contribution in [0.25, 0.3) is 0 Å². The van der Waals surface area contributed by atoms with Crippen molar-refractivity contribution in [3.05, 3.63) is 65.0 Å².